The van der Waals surface area contributed by atoms with E-state index in [1.807, 2.05) is 0 Å². The molecule has 2 aromatic carbocycles. The van der Waals surface area contributed by atoms with Crippen molar-refractivity contribution in [2.45, 2.75) is 0 Å². The number of nitrogens with one attached hydrogen (secondary N) is 1. The van der Waals surface area contributed by atoms with Gasteiger partial charge in [-0.25, -0.2) is 0 Å². The molecule has 0 aliphatic carbocycles. The average Bonchev–Trinajstić information content (AvgIpc) is 2.36. The summed E-state index contributed by atoms with van der Waals surface area (Å²) in [5.74, 6) is -0.417. The van der Waals surface area contributed by atoms with E-state index in [9.17, 15) is 9.90 Å². The number of benzene rings is 2. The third-order valence-electron chi connectivity index (χ3n) is 2.46. The number of phenols is 1. The molecule has 19 heavy (non-hydrogen) atoms. The molecule has 0 spiro atoms. The molecular weight excluding hydrogens is 332 g/mol. The summed E-state index contributed by atoms with van der Waals surface area (Å²) in [5.41, 5.74) is 6.78. The lowest BCUT2D eigenvalue weighted by Crippen LogP contribution is -2.13. The van der Waals surface area contributed by atoms with Crippen LogP contribution in [0.1, 0.15) is 10.4 Å². The van der Waals surface area contributed by atoms with Crippen molar-refractivity contribution >= 4 is 44.8 Å². The second kappa shape index (κ2) is 5.50. The van der Waals surface area contributed by atoms with Crippen LogP contribution in [0, 0.1) is 0 Å². The molecule has 98 valence electrons. The average molecular weight is 342 g/mol. The van der Waals surface area contributed by atoms with E-state index in [4.69, 9.17) is 17.3 Å². The number of halogens is 2. The Morgan fingerprint density at radius 2 is 2.00 bits per heavy atom. The van der Waals surface area contributed by atoms with Crippen LogP contribution in [0.2, 0.25) is 5.02 Å². The molecule has 6 heteroatoms. The Bertz CT molecular complexity index is 647. The first-order valence-electron chi connectivity index (χ1n) is 5.32. The minimum absolute atomic E-state index is 0.0170. The molecule has 2 aromatic rings. The van der Waals surface area contributed by atoms with E-state index in [0.717, 1.165) is 0 Å². The highest BCUT2D eigenvalue weighted by Crippen LogP contribution is 2.26. The van der Waals surface area contributed by atoms with Crippen LogP contribution in [0.3, 0.4) is 0 Å². The van der Waals surface area contributed by atoms with E-state index < -0.39 is 5.91 Å². The summed E-state index contributed by atoms with van der Waals surface area (Å²) in [7, 11) is 0. The van der Waals surface area contributed by atoms with Crippen LogP contribution >= 0.6 is 27.5 Å². The number of carbonyl (C=O) groups excluding carboxylic acids is 1. The fraction of sp³-hybridized carbons (Fsp3) is 0. The Labute approximate surface area is 123 Å². The maximum absolute atomic E-state index is 12.0. The fourth-order valence-electron chi connectivity index (χ4n) is 1.51. The van der Waals surface area contributed by atoms with Crippen molar-refractivity contribution in [1.29, 1.82) is 0 Å². The summed E-state index contributed by atoms with van der Waals surface area (Å²) >= 11 is 9.14. The summed E-state index contributed by atoms with van der Waals surface area (Å²) in [5, 5.41) is 12.6. The molecule has 0 aliphatic heterocycles. The van der Waals surface area contributed by atoms with Gasteiger partial charge in [-0.15, -0.1) is 0 Å². The molecule has 0 heterocycles. The largest absolute Gasteiger partial charge is 0.508 e. The number of amides is 1. The van der Waals surface area contributed by atoms with Gasteiger partial charge in [-0.1, -0.05) is 11.6 Å². The molecule has 0 radical (unpaired) electrons. The summed E-state index contributed by atoms with van der Waals surface area (Å²) in [4.78, 5) is 12.0. The number of carbonyl (C=O) groups is 1. The van der Waals surface area contributed by atoms with E-state index in [2.05, 4.69) is 21.2 Å². The van der Waals surface area contributed by atoms with Gasteiger partial charge in [-0.2, -0.15) is 0 Å². The van der Waals surface area contributed by atoms with Crippen LogP contribution in [0.5, 0.6) is 5.75 Å². The molecule has 0 atom stereocenters. The molecule has 0 bridgehead atoms. The molecule has 0 aliphatic rings. The summed E-state index contributed by atoms with van der Waals surface area (Å²) < 4.78 is 0.677. The van der Waals surface area contributed by atoms with E-state index in [-0.39, 0.29) is 11.3 Å². The van der Waals surface area contributed by atoms with Crippen molar-refractivity contribution in [1.82, 2.24) is 0 Å². The minimum Gasteiger partial charge on any atom is -0.508 e. The molecule has 1 amide bonds. The van der Waals surface area contributed by atoms with Gasteiger partial charge in [0.2, 0.25) is 0 Å². The quantitative estimate of drug-likeness (QED) is 0.576. The number of anilines is 2. The van der Waals surface area contributed by atoms with Gasteiger partial charge in [0.25, 0.3) is 5.91 Å². The second-order valence-electron chi connectivity index (χ2n) is 3.85. The molecule has 0 saturated carbocycles. The van der Waals surface area contributed by atoms with E-state index in [1.54, 1.807) is 18.2 Å². The van der Waals surface area contributed by atoms with Gasteiger partial charge in [0.1, 0.15) is 5.75 Å². The molecule has 0 unspecified atom stereocenters. The maximum Gasteiger partial charge on any atom is 0.257 e. The SMILES string of the molecule is Nc1ccc(O)cc1C(=O)Nc1ccc(Cl)c(Br)c1. The number of phenolic OH excluding ortho intramolecular Hbond substituents is 1. The smallest absolute Gasteiger partial charge is 0.257 e. The third-order valence-corrected chi connectivity index (χ3v) is 3.67. The zero-order valence-electron chi connectivity index (χ0n) is 9.65. The van der Waals surface area contributed by atoms with Gasteiger partial charge in [0, 0.05) is 15.8 Å². The van der Waals surface area contributed by atoms with Crippen LogP contribution in [0.15, 0.2) is 40.9 Å². The number of nitrogen functional groups attached to an aromatic ring is 1. The van der Waals surface area contributed by atoms with Crippen molar-refractivity contribution < 1.29 is 9.90 Å². The summed E-state index contributed by atoms with van der Waals surface area (Å²) in [6, 6.07) is 9.22. The Hall–Kier alpha value is -1.72. The molecule has 0 saturated heterocycles. The first-order chi connectivity index (χ1) is 8.97. The van der Waals surface area contributed by atoms with Crippen molar-refractivity contribution in [3.63, 3.8) is 0 Å². The zero-order chi connectivity index (χ0) is 14.0. The van der Waals surface area contributed by atoms with E-state index in [0.29, 0.717) is 20.9 Å². The van der Waals surface area contributed by atoms with Gasteiger partial charge in [0.05, 0.1) is 10.6 Å². The van der Waals surface area contributed by atoms with Crippen molar-refractivity contribution in [3.05, 3.63) is 51.5 Å². The Morgan fingerprint density at radius 1 is 1.26 bits per heavy atom. The van der Waals surface area contributed by atoms with E-state index >= 15 is 0 Å². The summed E-state index contributed by atoms with van der Waals surface area (Å²) in [6.07, 6.45) is 0. The first-order valence-corrected chi connectivity index (χ1v) is 6.49. The number of hydrogen-bond donors (Lipinski definition) is 3. The van der Waals surface area contributed by atoms with E-state index in [1.165, 1.54) is 18.2 Å². The highest BCUT2D eigenvalue weighted by atomic mass is 79.9. The Kier molecular flexibility index (Phi) is 3.97. The molecule has 0 fully saturated rings. The molecule has 0 aromatic heterocycles. The lowest BCUT2D eigenvalue weighted by molar-refractivity contribution is 0.102. The van der Waals surface area contributed by atoms with Crippen LogP contribution in [0.25, 0.3) is 0 Å². The molecule has 4 N–H and O–H groups in total. The number of rotatable bonds is 2. The fourth-order valence-corrected chi connectivity index (χ4v) is 2.01. The first kappa shape index (κ1) is 13.7. The predicted molar refractivity (Wildman–Crippen MR) is 79.6 cm³/mol. The third kappa shape index (κ3) is 3.19. The number of hydrogen-bond acceptors (Lipinski definition) is 3. The lowest BCUT2D eigenvalue weighted by atomic mass is 10.1. The summed E-state index contributed by atoms with van der Waals surface area (Å²) in [6.45, 7) is 0. The number of nitrogens with two attached hydrogens (primary N) is 1. The molecule has 4 nitrogen and oxygen atoms in total. The standard InChI is InChI=1S/C13H10BrClN2O2/c14-10-5-7(1-3-11(10)15)17-13(19)9-6-8(18)2-4-12(9)16/h1-6,18H,16H2,(H,17,19). The Balaban J connectivity index is 2.25. The number of aromatic hydroxyl groups is 1. The van der Waals surface area contributed by atoms with Crippen molar-refractivity contribution in [2.75, 3.05) is 11.1 Å². The second-order valence-corrected chi connectivity index (χ2v) is 5.12. The normalized spacial score (nSPS) is 10.2. The monoisotopic (exact) mass is 340 g/mol. The van der Waals surface area contributed by atoms with Crippen molar-refractivity contribution in [2.24, 2.45) is 0 Å². The van der Waals surface area contributed by atoms with Crippen LogP contribution < -0.4 is 11.1 Å². The van der Waals surface area contributed by atoms with Gasteiger partial charge in [-0.05, 0) is 52.3 Å². The van der Waals surface area contributed by atoms with Crippen LogP contribution in [-0.4, -0.2) is 11.0 Å². The molecule has 2 rings (SSSR count). The maximum atomic E-state index is 12.0. The van der Waals surface area contributed by atoms with Crippen LogP contribution in [0.4, 0.5) is 11.4 Å². The molecular formula is C13H10BrClN2O2. The highest BCUT2D eigenvalue weighted by molar-refractivity contribution is 9.10. The zero-order valence-corrected chi connectivity index (χ0v) is 12.0. The van der Waals surface area contributed by atoms with Gasteiger partial charge in [-0.3, -0.25) is 4.79 Å². The minimum atomic E-state index is -0.400. The topological polar surface area (TPSA) is 75.3 Å². The van der Waals surface area contributed by atoms with Gasteiger partial charge < -0.3 is 16.2 Å². The Morgan fingerprint density at radius 3 is 2.68 bits per heavy atom. The van der Waals surface area contributed by atoms with Crippen molar-refractivity contribution in [3.8, 4) is 5.75 Å². The predicted octanol–water partition coefficient (Wildman–Crippen LogP) is 3.64. The van der Waals surface area contributed by atoms with Gasteiger partial charge >= 0.3 is 0 Å². The lowest BCUT2D eigenvalue weighted by Gasteiger charge is -2.08. The van der Waals surface area contributed by atoms with Gasteiger partial charge in [0.15, 0.2) is 0 Å². The highest BCUT2D eigenvalue weighted by Gasteiger charge is 2.11. The van der Waals surface area contributed by atoms with Crippen LogP contribution in [-0.2, 0) is 0 Å².